The zero-order valence-corrected chi connectivity index (χ0v) is 19.4. The maximum Gasteiger partial charge on any atom is 0.264 e. The summed E-state index contributed by atoms with van der Waals surface area (Å²) in [6.07, 6.45) is 4.00. The van der Waals surface area contributed by atoms with E-state index in [4.69, 9.17) is 16.3 Å². The molecule has 1 saturated heterocycles. The lowest BCUT2D eigenvalue weighted by Gasteiger charge is -2.26. The van der Waals surface area contributed by atoms with E-state index in [0.29, 0.717) is 23.2 Å². The van der Waals surface area contributed by atoms with Crippen molar-refractivity contribution in [3.8, 4) is 0 Å². The summed E-state index contributed by atoms with van der Waals surface area (Å²) >= 11 is 6.14. The molecule has 6 nitrogen and oxygen atoms in total. The Hall–Kier alpha value is -2.09. The zero-order valence-electron chi connectivity index (χ0n) is 17.9. The van der Waals surface area contributed by atoms with E-state index >= 15 is 0 Å². The topological polar surface area (TPSA) is 64.4 Å². The van der Waals surface area contributed by atoms with Crippen molar-refractivity contribution in [1.82, 2.24) is 9.78 Å². The van der Waals surface area contributed by atoms with Crippen LogP contribution in [0.5, 0.6) is 0 Å². The van der Waals surface area contributed by atoms with E-state index in [2.05, 4.69) is 5.10 Å². The van der Waals surface area contributed by atoms with Gasteiger partial charge < -0.3 is 4.74 Å². The molecule has 0 radical (unpaired) electrons. The van der Waals surface area contributed by atoms with Gasteiger partial charge in [-0.1, -0.05) is 31.5 Å². The molecule has 2 heterocycles. The summed E-state index contributed by atoms with van der Waals surface area (Å²) in [4.78, 5) is 0.256. The van der Waals surface area contributed by atoms with Crippen LogP contribution in [0.1, 0.15) is 26.7 Å². The number of anilines is 1. The molecule has 2 aromatic carbocycles. The van der Waals surface area contributed by atoms with Gasteiger partial charge in [-0.15, -0.1) is 0 Å². The molecule has 0 saturated carbocycles. The van der Waals surface area contributed by atoms with Gasteiger partial charge in [0.25, 0.3) is 10.0 Å². The second-order valence-electron chi connectivity index (χ2n) is 8.54. The van der Waals surface area contributed by atoms with Gasteiger partial charge in [0.15, 0.2) is 0 Å². The van der Waals surface area contributed by atoms with Gasteiger partial charge in [-0.3, -0.25) is 8.99 Å². The summed E-state index contributed by atoms with van der Waals surface area (Å²) in [6, 6.07) is 12.1. The smallest absolute Gasteiger partial charge is 0.264 e. The van der Waals surface area contributed by atoms with Crippen molar-refractivity contribution >= 4 is 38.2 Å². The van der Waals surface area contributed by atoms with Gasteiger partial charge in [0.2, 0.25) is 0 Å². The summed E-state index contributed by atoms with van der Waals surface area (Å²) in [7, 11) is -3.75. The van der Waals surface area contributed by atoms with Crippen LogP contribution in [-0.4, -0.2) is 38.0 Å². The Kier molecular flexibility index (Phi) is 6.55. The first-order valence-corrected chi connectivity index (χ1v) is 12.5. The van der Waals surface area contributed by atoms with Gasteiger partial charge in [-0.2, -0.15) is 5.10 Å². The van der Waals surface area contributed by atoms with Crippen molar-refractivity contribution in [2.75, 3.05) is 24.1 Å². The third-order valence-electron chi connectivity index (χ3n) is 5.52. The Morgan fingerprint density at radius 3 is 2.68 bits per heavy atom. The molecule has 0 spiro atoms. The van der Waals surface area contributed by atoms with Crippen LogP contribution in [0.3, 0.4) is 0 Å². The van der Waals surface area contributed by atoms with E-state index in [-0.39, 0.29) is 10.8 Å². The molecule has 0 atom stereocenters. The van der Waals surface area contributed by atoms with Crippen LogP contribution < -0.4 is 4.31 Å². The molecule has 0 unspecified atom stereocenters. The van der Waals surface area contributed by atoms with Crippen LogP contribution in [0.2, 0.25) is 5.02 Å². The molecule has 1 aliphatic heterocycles. The minimum atomic E-state index is -3.75. The summed E-state index contributed by atoms with van der Waals surface area (Å²) in [6.45, 7) is 6.77. The largest absolute Gasteiger partial charge is 0.381 e. The average Bonchev–Trinajstić information content (AvgIpc) is 3.14. The number of sulfonamides is 1. The zero-order chi connectivity index (χ0) is 22.0. The summed E-state index contributed by atoms with van der Waals surface area (Å²) < 4.78 is 36.0. The third-order valence-corrected chi connectivity index (χ3v) is 7.55. The molecule has 0 amide bonds. The summed E-state index contributed by atoms with van der Waals surface area (Å²) in [5, 5.41) is 5.97. The maximum atomic E-state index is 13.6. The molecular weight excluding hydrogens is 434 g/mol. The molecule has 0 aliphatic carbocycles. The minimum Gasteiger partial charge on any atom is -0.381 e. The van der Waals surface area contributed by atoms with Crippen LogP contribution in [0, 0.1) is 11.8 Å². The Labute approximate surface area is 188 Å². The SMILES string of the molecule is CC(C)CN(c1cccc(Cl)c1)S(=O)(=O)c1ccc2nn(CC3CCOCC3)cc2c1. The predicted octanol–water partition coefficient (Wildman–Crippen LogP) is 4.97. The molecular formula is C23H28ClN3O3S. The molecule has 166 valence electrons. The standard InChI is InChI=1S/C23H28ClN3O3S/c1-17(2)14-27(21-5-3-4-20(24)13-21)31(28,29)22-6-7-23-19(12-22)16-26(25-23)15-18-8-10-30-11-9-18/h3-7,12-13,16-18H,8-11,14-15H2,1-2H3. The third kappa shape index (κ3) is 5.05. The van der Waals surface area contributed by atoms with Crippen LogP contribution in [0.4, 0.5) is 5.69 Å². The number of hydrogen-bond acceptors (Lipinski definition) is 4. The van der Waals surface area contributed by atoms with Crippen LogP contribution >= 0.6 is 11.6 Å². The average molecular weight is 462 g/mol. The highest BCUT2D eigenvalue weighted by molar-refractivity contribution is 7.92. The molecule has 1 aromatic heterocycles. The predicted molar refractivity (Wildman–Crippen MR) is 124 cm³/mol. The van der Waals surface area contributed by atoms with E-state index < -0.39 is 10.0 Å². The van der Waals surface area contributed by atoms with Crippen molar-refractivity contribution < 1.29 is 13.2 Å². The minimum absolute atomic E-state index is 0.153. The molecule has 1 fully saturated rings. The van der Waals surface area contributed by atoms with Crippen molar-refractivity contribution in [2.24, 2.45) is 11.8 Å². The highest BCUT2D eigenvalue weighted by atomic mass is 35.5. The van der Waals surface area contributed by atoms with E-state index in [1.165, 1.54) is 4.31 Å². The Balaban J connectivity index is 1.66. The van der Waals surface area contributed by atoms with Crippen LogP contribution in [0.25, 0.3) is 10.9 Å². The number of benzene rings is 2. The first-order chi connectivity index (χ1) is 14.8. The number of halogens is 1. The van der Waals surface area contributed by atoms with Crippen LogP contribution in [-0.2, 0) is 21.3 Å². The lowest BCUT2D eigenvalue weighted by Crippen LogP contribution is -2.34. The lowest BCUT2D eigenvalue weighted by atomic mass is 10.0. The number of rotatable bonds is 7. The van der Waals surface area contributed by atoms with Crippen molar-refractivity contribution in [1.29, 1.82) is 0 Å². The molecule has 4 rings (SSSR count). The van der Waals surface area contributed by atoms with E-state index in [1.54, 1.807) is 42.5 Å². The lowest BCUT2D eigenvalue weighted by molar-refractivity contribution is 0.0602. The number of hydrogen-bond donors (Lipinski definition) is 0. The normalized spacial score (nSPS) is 15.6. The Morgan fingerprint density at radius 1 is 1.19 bits per heavy atom. The number of fused-ring (bicyclic) bond motifs is 1. The number of aromatic nitrogens is 2. The monoisotopic (exact) mass is 461 g/mol. The van der Waals surface area contributed by atoms with Crippen molar-refractivity contribution in [3.05, 3.63) is 53.7 Å². The second kappa shape index (κ2) is 9.18. The maximum absolute atomic E-state index is 13.6. The Bertz CT molecular complexity index is 1150. The molecule has 31 heavy (non-hydrogen) atoms. The van der Waals surface area contributed by atoms with Crippen LogP contribution in [0.15, 0.2) is 53.6 Å². The Morgan fingerprint density at radius 2 is 1.97 bits per heavy atom. The van der Waals surface area contributed by atoms with Gasteiger partial charge in [0.05, 0.1) is 16.1 Å². The van der Waals surface area contributed by atoms with Gasteiger partial charge in [0, 0.05) is 42.9 Å². The fourth-order valence-corrected chi connectivity index (χ4v) is 5.78. The van der Waals surface area contributed by atoms with Crippen molar-refractivity contribution in [2.45, 2.75) is 38.1 Å². The fourth-order valence-electron chi connectivity index (χ4n) is 3.93. The highest BCUT2D eigenvalue weighted by Crippen LogP contribution is 2.29. The van der Waals surface area contributed by atoms with E-state index in [1.807, 2.05) is 24.7 Å². The van der Waals surface area contributed by atoms with Gasteiger partial charge in [-0.25, -0.2) is 8.42 Å². The van der Waals surface area contributed by atoms with Crippen molar-refractivity contribution in [3.63, 3.8) is 0 Å². The highest BCUT2D eigenvalue weighted by Gasteiger charge is 2.26. The van der Waals surface area contributed by atoms with Gasteiger partial charge >= 0.3 is 0 Å². The summed E-state index contributed by atoms with van der Waals surface area (Å²) in [5.41, 5.74) is 1.36. The molecule has 3 aromatic rings. The first kappa shape index (κ1) is 22.1. The second-order valence-corrected chi connectivity index (χ2v) is 10.8. The van der Waals surface area contributed by atoms with E-state index in [9.17, 15) is 8.42 Å². The molecule has 0 bridgehead atoms. The molecule has 8 heteroatoms. The van der Waals surface area contributed by atoms with E-state index in [0.717, 1.165) is 43.5 Å². The number of nitrogens with zero attached hydrogens (tertiary/aromatic N) is 3. The summed E-state index contributed by atoms with van der Waals surface area (Å²) in [5.74, 6) is 0.690. The molecule has 1 aliphatic rings. The van der Waals surface area contributed by atoms with Gasteiger partial charge in [0.1, 0.15) is 0 Å². The van der Waals surface area contributed by atoms with Gasteiger partial charge in [-0.05, 0) is 61.1 Å². The first-order valence-electron chi connectivity index (χ1n) is 10.7. The fraction of sp³-hybridized carbons (Fsp3) is 0.435. The number of ether oxygens (including phenoxy) is 1. The quantitative estimate of drug-likeness (QED) is 0.498. The molecule has 0 N–H and O–H groups in total.